The van der Waals surface area contributed by atoms with Crippen LogP contribution in [0.4, 0.5) is 19.5 Å². The normalized spacial score (nSPS) is 19.7. The zero-order valence-electron chi connectivity index (χ0n) is 21.3. The molecule has 2 aromatic heterocycles. The molecule has 0 bridgehead atoms. The average molecular weight is 531 g/mol. The van der Waals surface area contributed by atoms with E-state index in [2.05, 4.69) is 20.3 Å². The van der Waals surface area contributed by atoms with Crippen molar-refractivity contribution in [3.63, 3.8) is 0 Å². The number of hydrogen-bond donors (Lipinski definition) is 1. The summed E-state index contributed by atoms with van der Waals surface area (Å²) in [5.41, 5.74) is 0.972. The molecule has 1 saturated carbocycles. The summed E-state index contributed by atoms with van der Waals surface area (Å²) in [6, 6.07) is 8.46. The first-order valence-corrected chi connectivity index (χ1v) is 13.1. The lowest BCUT2D eigenvalue weighted by atomic mass is 10.2. The lowest BCUT2D eigenvalue weighted by Gasteiger charge is -2.27. The van der Waals surface area contributed by atoms with Crippen LogP contribution in [-0.4, -0.2) is 70.7 Å². The standard InChI is InChI=1S/C26H32F2N6O4/c1-2-3-12-37-26(35)29-17-8-9-18(15-17)38-22-16-21(31-25(32-22)33-10-13-36-14-11-33)34-20-7-5-4-6-19(20)30-24(34)23(27)28/h4-7,16-18,23H,2-3,8-15H2,1H3,(H,29,35)/t17-,18+/m1/s1. The minimum Gasteiger partial charge on any atom is -0.474 e. The maximum absolute atomic E-state index is 14.1. The van der Waals surface area contributed by atoms with Crippen molar-refractivity contribution < 1.29 is 27.8 Å². The molecular weight excluding hydrogens is 498 g/mol. The van der Waals surface area contributed by atoms with Gasteiger partial charge in [-0.25, -0.2) is 18.6 Å². The number of para-hydroxylation sites is 2. The summed E-state index contributed by atoms with van der Waals surface area (Å²) in [4.78, 5) is 27.4. The molecule has 0 radical (unpaired) electrons. The highest BCUT2D eigenvalue weighted by molar-refractivity contribution is 5.78. The zero-order valence-corrected chi connectivity index (χ0v) is 21.3. The van der Waals surface area contributed by atoms with Gasteiger partial charge in [0.05, 0.1) is 30.9 Å². The van der Waals surface area contributed by atoms with Gasteiger partial charge < -0.3 is 24.4 Å². The molecule has 1 N–H and O–H groups in total. The molecule has 1 aliphatic heterocycles. The number of alkyl halides is 2. The summed E-state index contributed by atoms with van der Waals surface area (Å²) >= 11 is 0. The first-order chi connectivity index (χ1) is 18.5. The van der Waals surface area contributed by atoms with Crippen LogP contribution < -0.4 is 15.0 Å². The van der Waals surface area contributed by atoms with Gasteiger partial charge in [-0.1, -0.05) is 25.5 Å². The van der Waals surface area contributed by atoms with Gasteiger partial charge in [0.25, 0.3) is 6.43 Å². The van der Waals surface area contributed by atoms with E-state index in [1.165, 1.54) is 4.57 Å². The average Bonchev–Trinajstić information content (AvgIpc) is 3.53. The van der Waals surface area contributed by atoms with Crippen LogP contribution in [0.5, 0.6) is 5.88 Å². The number of rotatable bonds is 9. The number of unbranched alkanes of at least 4 members (excludes halogenated alkanes) is 1. The quantitative estimate of drug-likeness (QED) is 0.406. The number of ether oxygens (including phenoxy) is 3. The molecule has 5 rings (SSSR count). The Kier molecular flexibility index (Phi) is 8.16. The zero-order chi connectivity index (χ0) is 26.5. The molecule has 2 atom stereocenters. The second-order valence-electron chi connectivity index (χ2n) is 9.44. The second-order valence-corrected chi connectivity index (χ2v) is 9.44. The van der Waals surface area contributed by atoms with Gasteiger partial charge in [0.15, 0.2) is 5.82 Å². The predicted octanol–water partition coefficient (Wildman–Crippen LogP) is 4.42. The number of alkyl carbamates (subject to hydrolysis) is 1. The van der Waals surface area contributed by atoms with E-state index in [1.54, 1.807) is 30.3 Å². The molecule has 1 amide bonds. The van der Waals surface area contributed by atoms with Crippen molar-refractivity contribution >= 4 is 23.1 Å². The molecular formula is C26H32F2N6O4. The van der Waals surface area contributed by atoms with Crippen LogP contribution in [0.25, 0.3) is 16.9 Å². The first-order valence-electron chi connectivity index (χ1n) is 13.1. The smallest absolute Gasteiger partial charge is 0.407 e. The van der Waals surface area contributed by atoms with E-state index in [1.807, 2.05) is 11.8 Å². The highest BCUT2D eigenvalue weighted by Gasteiger charge is 2.29. The third-order valence-electron chi connectivity index (χ3n) is 6.71. The van der Waals surface area contributed by atoms with Gasteiger partial charge in [-0.15, -0.1) is 0 Å². The summed E-state index contributed by atoms with van der Waals surface area (Å²) in [6.45, 7) is 4.61. The van der Waals surface area contributed by atoms with Crippen LogP contribution in [0.15, 0.2) is 30.3 Å². The molecule has 2 aliphatic rings. The Morgan fingerprint density at radius 3 is 2.79 bits per heavy atom. The fourth-order valence-corrected chi connectivity index (χ4v) is 4.78. The summed E-state index contributed by atoms with van der Waals surface area (Å²) in [5.74, 6) is 0.528. The van der Waals surface area contributed by atoms with Crippen LogP contribution in [0.3, 0.4) is 0 Å². The molecule has 3 aromatic rings. The van der Waals surface area contributed by atoms with E-state index in [-0.39, 0.29) is 23.8 Å². The fourth-order valence-electron chi connectivity index (χ4n) is 4.78. The van der Waals surface area contributed by atoms with Crippen molar-refractivity contribution in [2.24, 2.45) is 0 Å². The number of amides is 1. The summed E-state index contributed by atoms with van der Waals surface area (Å²) in [6.07, 6.45) is 0.391. The summed E-state index contributed by atoms with van der Waals surface area (Å²) in [5, 5.41) is 2.90. The molecule has 204 valence electrons. The maximum Gasteiger partial charge on any atom is 0.407 e. The number of carbonyl (C=O) groups excluding carboxylic acids is 1. The summed E-state index contributed by atoms with van der Waals surface area (Å²) in [7, 11) is 0. The van der Waals surface area contributed by atoms with E-state index in [0.717, 1.165) is 19.3 Å². The van der Waals surface area contributed by atoms with Crippen molar-refractivity contribution in [1.29, 1.82) is 0 Å². The SMILES string of the molecule is CCCCOC(=O)N[C@@H]1CC[C@H](Oc2cc(-n3c(C(F)F)nc4ccccc43)nc(N3CCOCC3)n2)C1. The van der Waals surface area contributed by atoms with Crippen molar-refractivity contribution in [3.8, 4) is 11.7 Å². The third kappa shape index (κ3) is 5.95. The topological polar surface area (TPSA) is 104 Å². The summed E-state index contributed by atoms with van der Waals surface area (Å²) < 4.78 is 46.4. The first kappa shape index (κ1) is 26.1. The molecule has 2 fully saturated rings. The van der Waals surface area contributed by atoms with E-state index in [9.17, 15) is 13.6 Å². The largest absolute Gasteiger partial charge is 0.474 e. The monoisotopic (exact) mass is 530 g/mol. The number of morpholine rings is 1. The lowest BCUT2D eigenvalue weighted by molar-refractivity contribution is 0.121. The van der Waals surface area contributed by atoms with Crippen LogP contribution in [0.1, 0.15) is 51.3 Å². The molecule has 12 heteroatoms. The van der Waals surface area contributed by atoms with Gasteiger partial charge in [-0.05, 0) is 31.4 Å². The number of hydrogen-bond acceptors (Lipinski definition) is 8. The molecule has 0 spiro atoms. The van der Waals surface area contributed by atoms with Crippen molar-refractivity contribution in [1.82, 2.24) is 24.8 Å². The van der Waals surface area contributed by atoms with Crippen LogP contribution in [0, 0.1) is 0 Å². The van der Waals surface area contributed by atoms with Crippen LogP contribution >= 0.6 is 0 Å². The highest BCUT2D eigenvalue weighted by atomic mass is 19.3. The number of anilines is 1. The number of nitrogens with one attached hydrogen (secondary N) is 1. The Balaban J connectivity index is 1.40. The third-order valence-corrected chi connectivity index (χ3v) is 6.71. The van der Waals surface area contributed by atoms with Crippen LogP contribution in [-0.2, 0) is 9.47 Å². The van der Waals surface area contributed by atoms with E-state index in [0.29, 0.717) is 62.7 Å². The molecule has 0 unspecified atom stereocenters. The van der Waals surface area contributed by atoms with E-state index >= 15 is 0 Å². The molecule has 10 nitrogen and oxygen atoms in total. The Morgan fingerprint density at radius 2 is 2.00 bits per heavy atom. The molecule has 1 aromatic carbocycles. The van der Waals surface area contributed by atoms with Gasteiger partial charge in [0, 0.05) is 31.6 Å². The number of nitrogens with zero attached hydrogens (tertiary/aromatic N) is 5. The number of aromatic nitrogens is 4. The Bertz CT molecular complexity index is 1250. The molecule has 1 saturated heterocycles. The maximum atomic E-state index is 14.1. The van der Waals surface area contributed by atoms with Crippen LogP contribution in [0.2, 0.25) is 0 Å². The molecule has 3 heterocycles. The van der Waals surface area contributed by atoms with Crippen molar-refractivity contribution in [2.45, 2.75) is 57.6 Å². The lowest BCUT2D eigenvalue weighted by Crippen LogP contribution is -2.37. The van der Waals surface area contributed by atoms with E-state index < -0.39 is 18.3 Å². The Hall–Kier alpha value is -3.54. The van der Waals surface area contributed by atoms with Crippen molar-refractivity contribution in [3.05, 3.63) is 36.2 Å². The predicted molar refractivity (Wildman–Crippen MR) is 136 cm³/mol. The molecule has 1 aliphatic carbocycles. The second kappa shape index (κ2) is 11.9. The fraction of sp³-hybridized carbons (Fsp3) is 0.538. The number of fused-ring (bicyclic) bond motifs is 1. The van der Waals surface area contributed by atoms with Gasteiger partial charge in [0.1, 0.15) is 11.9 Å². The minimum atomic E-state index is -2.80. The number of halogens is 2. The Labute approximate surface area is 219 Å². The molecule has 38 heavy (non-hydrogen) atoms. The minimum absolute atomic E-state index is 0.0721. The van der Waals surface area contributed by atoms with E-state index in [4.69, 9.17) is 14.2 Å². The number of imidazole rings is 1. The number of carbonyl (C=O) groups is 1. The van der Waals surface area contributed by atoms with Gasteiger partial charge in [0.2, 0.25) is 11.8 Å². The van der Waals surface area contributed by atoms with Crippen molar-refractivity contribution in [2.75, 3.05) is 37.8 Å². The Morgan fingerprint density at radius 1 is 1.18 bits per heavy atom. The highest BCUT2D eigenvalue weighted by Crippen LogP contribution is 2.31. The number of benzene rings is 1. The van der Waals surface area contributed by atoms with Gasteiger partial charge in [-0.3, -0.25) is 4.57 Å². The van der Waals surface area contributed by atoms with Gasteiger partial charge in [-0.2, -0.15) is 9.97 Å². The van der Waals surface area contributed by atoms with Gasteiger partial charge >= 0.3 is 6.09 Å².